The Labute approximate surface area is 95.4 Å². The number of rotatable bonds is 4. The zero-order valence-corrected chi connectivity index (χ0v) is 9.81. The quantitative estimate of drug-likeness (QED) is 0.788. The van der Waals surface area contributed by atoms with Crippen LogP contribution in [0, 0.1) is 0 Å². The number of amides is 1. The number of nitrogens with one attached hydrogen (secondary N) is 1. The van der Waals surface area contributed by atoms with Crippen LogP contribution >= 0.6 is 0 Å². The molecule has 0 bridgehead atoms. The Morgan fingerprint density at radius 3 is 3.06 bits per heavy atom. The van der Waals surface area contributed by atoms with E-state index in [4.69, 9.17) is 0 Å². The maximum Gasteiger partial charge on any atom is 0.240 e. The summed E-state index contributed by atoms with van der Waals surface area (Å²) in [6.07, 6.45) is 4.68. The molecule has 1 aromatic heterocycles. The highest BCUT2D eigenvalue weighted by molar-refractivity contribution is 5.83. The predicted octanol–water partition coefficient (Wildman–Crippen LogP) is 0.130. The number of likely N-dealkylation sites (N-methyl/N-ethyl adjacent to an activating group) is 1. The van der Waals surface area contributed by atoms with Crippen molar-refractivity contribution in [3.63, 3.8) is 0 Å². The molecule has 1 unspecified atom stereocenters. The molecule has 1 N–H and O–H groups in total. The third-order valence-electron chi connectivity index (χ3n) is 2.88. The Balaban J connectivity index is 1.94. The van der Waals surface area contributed by atoms with Crippen molar-refractivity contribution in [1.29, 1.82) is 0 Å². The van der Waals surface area contributed by atoms with E-state index in [1.165, 1.54) is 0 Å². The minimum absolute atomic E-state index is 0.0154. The van der Waals surface area contributed by atoms with Gasteiger partial charge in [-0.25, -0.2) is 0 Å². The topological polar surface area (TPSA) is 50.2 Å². The van der Waals surface area contributed by atoms with Crippen LogP contribution in [0.1, 0.15) is 18.9 Å². The molecule has 5 heteroatoms. The van der Waals surface area contributed by atoms with Crippen LogP contribution in [0.2, 0.25) is 0 Å². The van der Waals surface area contributed by atoms with Crippen LogP contribution in [-0.4, -0.2) is 39.7 Å². The van der Waals surface area contributed by atoms with Gasteiger partial charge in [-0.3, -0.25) is 9.48 Å². The van der Waals surface area contributed by atoms with Gasteiger partial charge in [0.1, 0.15) is 0 Å². The summed E-state index contributed by atoms with van der Waals surface area (Å²) < 4.78 is 1.76. The lowest BCUT2D eigenvalue weighted by Crippen LogP contribution is -2.37. The number of aromatic nitrogens is 2. The van der Waals surface area contributed by atoms with Crippen molar-refractivity contribution in [1.82, 2.24) is 20.0 Å². The second-order valence-electron chi connectivity index (χ2n) is 4.18. The standard InChI is InChI=1S/C11H18N4O/c1-3-12-10-4-5-15(11(10)16)8-9-6-13-14(2)7-9/h6-7,10,12H,3-5,8H2,1-2H3. The average Bonchev–Trinajstić information content (AvgIpc) is 2.80. The number of nitrogens with zero attached hydrogens (tertiary/aromatic N) is 3. The van der Waals surface area contributed by atoms with Crippen LogP contribution in [0.3, 0.4) is 0 Å². The molecule has 0 spiro atoms. The molecule has 0 radical (unpaired) electrons. The van der Waals surface area contributed by atoms with Gasteiger partial charge in [0, 0.05) is 31.9 Å². The second kappa shape index (κ2) is 4.65. The molecule has 1 aromatic rings. The van der Waals surface area contributed by atoms with E-state index in [1.807, 2.05) is 31.3 Å². The molecule has 16 heavy (non-hydrogen) atoms. The summed E-state index contributed by atoms with van der Waals surface area (Å²) in [5, 5.41) is 7.31. The van der Waals surface area contributed by atoms with Gasteiger partial charge in [-0.1, -0.05) is 6.92 Å². The Morgan fingerprint density at radius 1 is 1.62 bits per heavy atom. The minimum atomic E-state index is 0.0154. The van der Waals surface area contributed by atoms with Crippen LogP contribution in [0.15, 0.2) is 12.4 Å². The monoisotopic (exact) mass is 222 g/mol. The van der Waals surface area contributed by atoms with Gasteiger partial charge < -0.3 is 10.2 Å². The summed E-state index contributed by atoms with van der Waals surface area (Å²) in [7, 11) is 1.89. The number of aryl methyl sites for hydroxylation is 1. The van der Waals surface area contributed by atoms with Gasteiger partial charge in [-0.2, -0.15) is 5.10 Å². The molecule has 1 atom stereocenters. The summed E-state index contributed by atoms with van der Waals surface area (Å²) in [6, 6.07) is 0.0154. The summed E-state index contributed by atoms with van der Waals surface area (Å²) in [5.41, 5.74) is 1.09. The van der Waals surface area contributed by atoms with Crippen molar-refractivity contribution in [3.05, 3.63) is 18.0 Å². The van der Waals surface area contributed by atoms with Crippen LogP contribution in [0.4, 0.5) is 0 Å². The van der Waals surface area contributed by atoms with Crippen LogP contribution in [0.25, 0.3) is 0 Å². The van der Waals surface area contributed by atoms with E-state index in [9.17, 15) is 4.79 Å². The number of carbonyl (C=O) groups is 1. The van der Waals surface area contributed by atoms with Crippen LogP contribution in [0.5, 0.6) is 0 Å². The van der Waals surface area contributed by atoms with Crippen molar-refractivity contribution < 1.29 is 4.79 Å². The fourth-order valence-corrected chi connectivity index (χ4v) is 2.11. The normalized spacial score (nSPS) is 20.8. The van der Waals surface area contributed by atoms with Gasteiger partial charge in [0.05, 0.1) is 12.2 Å². The summed E-state index contributed by atoms with van der Waals surface area (Å²) in [4.78, 5) is 13.8. The molecule has 1 saturated heterocycles. The molecule has 1 fully saturated rings. The van der Waals surface area contributed by atoms with E-state index < -0.39 is 0 Å². The third-order valence-corrected chi connectivity index (χ3v) is 2.88. The molecular formula is C11H18N4O. The number of likely N-dealkylation sites (tertiary alicyclic amines) is 1. The lowest BCUT2D eigenvalue weighted by molar-refractivity contribution is -0.129. The molecule has 88 valence electrons. The maximum absolute atomic E-state index is 11.9. The molecule has 5 nitrogen and oxygen atoms in total. The fraction of sp³-hybridized carbons (Fsp3) is 0.636. The van der Waals surface area contributed by atoms with Gasteiger partial charge >= 0.3 is 0 Å². The Kier molecular flexibility index (Phi) is 3.24. The molecule has 2 heterocycles. The highest BCUT2D eigenvalue weighted by atomic mass is 16.2. The molecule has 0 saturated carbocycles. The maximum atomic E-state index is 11.9. The summed E-state index contributed by atoms with van der Waals surface area (Å²) in [6.45, 7) is 4.38. The summed E-state index contributed by atoms with van der Waals surface area (Å²) >= 11 is 0. The molecule has 0 aliphatic carbocycles. The Bertz CT molecular complexity index is 374. The van der Waals surface area contributed by atoms with E-state index in [2.05, 4.69) is 10.4 Å². The van der Waals surface area contributed by atoms with Gasteiger partial charge in [0.2, 0.25) is 5.91 Å². The highest BCUT2D eigenvalue weighted by Crippen LogP contribution is 2.14. The lowest BCUT2D eigenvalue weighted by Gasteiger charge is -2.15. The first-order valence-corrected chi connectivity index (χ1v) is 5.70. The van der Waals surface area contributed by atoms with Crippen molar-refractivity contribution in [2.75, 3.05) is 13.1 Å². The third kappa shape index (κ3) is 2.24. The van der Waals surface area contributed by atoms with Gasteiger partial charge in [0.15, 0.2) is 0 Å². The van der Waals surface area contributed by atoms with Crippen molar-refractivity contribution >= 4 is 5.91 Å². The van der Waals surface area contributed by atoms with E-state index in [-0.39, 0.29) is 11.9 Å². The average molecular weight is 222 g/mol. The first-order chi connectivity index (χ1) is 7.70. The lowest BCUT2D eigenvalue weighted by atomic mass is 10.2. The Morgan fingerprint density at radius 2 is 2.44 bits per heavy atom. The zero-order chi connectivity index (χ0) is 11.5. The van der Waals surface area contributed by atoms with E-state index in [0.717, 1.165) is 25.1 Å². The fourth-order valence-electron chi connectivity index (χ4n) is 2.11. The smallest absolute Gasteiger partial charge is 0.240 e. The van der Waals surface area contributed by atoms with E-state index in [0.29, 0.717) is 6.54 Å². The van der Waals surface area contributed by atoms with Crippen molar-refractivity contribution in [2.24, 2.45) is 7.05 Å². The SMILES string of the molecule is CCNC1CCN(Cc2cnn(C)c2)C1=O. The number of hydrogen-bond donors (Lipinski definition) is 1. The van der Waals surface area contributed by atoms with Crippen molar-refractivity contribution in [2.45, 2.75) is 25.9 Å². The molecule has 1 aliphatic heterocycles. The van der Waals surface area contributed by atoms with Gasteiger partial charge in [-0.15, -0.1) is 0 Å². The first kappa shape index (κ1) is 11.1. The molecule has 0 aromatic carbocycles. The molecule has 2 rings (SSSR count). The predicted molar refractivity (Wildman–Crippen MR) is 60.7 cm³/mol. The molecular weight excluding hydrogens is 204 g/mol. The largest absolute Gasteiger partial charge is 0.337 e. The van der Waals surface area contributed by atoms with Crippen molar-refractivity contribution in [3.8, 4) is 0 Å². The van der Waals surface area contributed by atoms with Crippen LogP contribution in [-0.2, 0) is 18.4 Å². The molecule has 1 amide bonds. The van der Waals surface area contributed by atoms with Gasteiger partial charge in [-0.05, 0) is 13.0 Å². The summed E-state index contributed by atoms with van der Waals surface area (Å²) in [5.74, 6) is 0.214. The number of carbonyl (C=O) groups excluding carboxylic acids is 1. The van der Waals surface area contributed by atoms with Gasteiger partial charge in [0.25, 0.3) is 0 Å². The first-order valence-electron chi connectivity index (χ1n) is 5.70. The molecule has 1 aliphatic rings. The Hall–Kier alpha value is -1.36. The zero-order valence-electron chi connectivity index (χ0n) is 9.81. The minimum Gasteiger partial charge on any atom is -0.337 e. The highest BCUT2D eigenvalue weighted by Gasteiger charge is 2.30. The van der Waals surface area contributed by atoms with E-state index >= 15 is 0 Å². The second-order valence-corrected chi connectivity index (χ2v) is 4.18. The van der Waals surface area contributed by atoms with E-state index in [1.54, 1.807) is 4.68 Å². The van der Waals surface area contributed by atoms with Crippen LogP contribution < -0.4 is 5.32 Å². The number of hydrogen-bond acceptors (Lipinski definition) is 3.